The molecule has 0 atom stereocenters. The zero-order chi connectivity index (χ0) is 27.4. The second kappa shape index (κ2) is 9.44. The largest absolute Gasteiger partial charge is 0.125 e. The van der Waals surface area contributed by atoms with E-state index >= 15 is 0 Å². The second-order valence-electron chi connectivity index (χ2n) is 13.9. The minimum absolute atomic E-state index is 0.0843. The van der Waals surface area contributed by atoms with Crippen LogP contribution in [-0.2, 0) is 16.2 Å². The first-order valence-corrected chi connectivity index (χ1v) is 14.9. The summed E-state index contributed by atoms with van der Waals surface area (Å²) >= 11 is 0. The quantitative estimate of drug-likeness (QED) is 0.210. The third kappa shape index (κ3) is 4.24. The summed E-state index contributed by atoms with van der Waals surface area (Å²) in [6.07, 6.45) is 5.14. The van der Waals surface area contributed by atoms with Gasteiger partial charge in [0.15, 0.2) is 0 Å². The predicted octanol–water partition coefficient (Wildman–Crippen LogP) is 10.8. The fourth-order valence-corrected chi connectivity index (χ4v) is 7.37. The molecule has 0 spiro atoms. The van der Waals surface area contributed by atoms with E-state index in [0.29, 0.717) is 5.92 Å². The Labute approximate surface area is 235 Å². The van der Waals surface area contributed by atoms with Crippen LogP contribution in [-0.4, -0.2) is 0 Å². The summed E-state index contributed by atoms with van der Waals surface area (Å²) in [4.78, 5) is 0. The highest BCUT2D eigenvalue weighted by atomic mass is 14.5. The van der Waals surface area contributed by atoms with Crippen LogP contribution < -0.4 is 0 Å². The Morgan fingerprint density at radius 1 is 0.564 bits per heavy atom. The molecule has 0 radical (unpaired) electrons. The Bertz CT molecular complexity index is 1480. The van der Waals surface area contributed by atoms with E-state index in [0.717, 1.165) is 0 Å². The van der Waals surface area contributed by atoms with Crippen LogP contribution in [0.5, 0.6) is 0 Å². The minimum Gasteiger partial charge on any atom is -0.125 e. The summed E-state index contributed by atoms with van der Waals surface area (Å²) in [7, 11) is 0. The summed E-state index contributed by atoms with van der Waals surface area (Å²) in [5, 5.41) is 5.65. The van der Waals surface area contributed by atoms with Gasteiger partial charge in [0.25, 0.3) is 0 Å². The van der Waals surface area contributed by atoms with E-state index < -0.39 is 0 Å². The average Bonchev–Trinajstić information content (AvgIpc) is 3.57. The first kappa shape index (κ1) is 26.0. The molecule has 0 heterocycles. The van der Waals surface area contributed by atoms with Gasteiger partial charge in [0, 0.05) is 5.41 Å². The lowest BCUT2D eigenvalue weighted by Crippen LogP contribution is -2.37. The van der Waals surface area contributed by atoms with Crippen molar-refractivity contribution < 1.29 is 0 Å². The predicted molar refractivity (Wildman–Crippen MR) is 169 cm³/mol. The van der Waals surface area contributed by atoms with E-state index in [-0.39, 0.29) is 16.2 Å². The Balaban J connectivity index is 1.85. The van der Waals surface area contributed by atoms with Crippen molar-refractivity contribution in [3.8, 4) is 0 Å². The number of fused-ring (bicyclic) bond motifs is 3. The zero-order valence-electron chi connectivity index (χ0n) is 24.6. The maximum Gasteiger partial charge on any atom is 0.0350 e. The molecule has 5 aromatic rings. The summed E-state index contributed by atoms with van der Waals surface area (Å²) in [6.45, 7) is 14.0. The highest BCUT2D eigenvalue weighted by Gasteiger charge is 2.45. The smallest absolute Gasteiger partial charge is 0.0350 e. The molecule has 1 aliphatic rings. The molecule has 1 fully saturated rings. The topological polar surface area (TPSA) is 0 Å². The zero-order valence-corrected chi connectivity index (χ0v) is 24.6. The maximum atomic E-state index is 2.54. The lowest BCUT2D eigenvalue weighted by atomic mass is 9.60. The molecule has 39 heavy (non-hydrogen) atoms. The van der Waals surface area contributed by atoms with Gasteiger partial charge in [-0.25, -0.2) is 0 Å². The highest BCUT2D eigenvalue weighted by Crippen LogP contribution is 2.56. The first-order chi connectivity index (χ1) is 18.6. The molecule has 200 valence electrons. The van der Waals surface area contributed by atoms with Crippen LogP contribution in [0.25, 0.3) is 21.5 Å². The SMILES string of the molecule is CC(C)(C)c1ccc2c(c1)c(C(c1ccccc1)(c1ccccc1)C1CCCC1)[c-]1cc(C(C)(C)C)ccc21. The van der Waals surface area contributed by atoms with Gasteiger partial charge in [-0.15, -0.1) is 39.9 Å². The Kier molecular flexibility index (Phi) is 6.29. The molecule has 0 aliphatic heterocycles. The third-order valence-corrected chi connectivity index (χ3v) is 9.42. The van der Waals surface area contributed by atoms with Crippen molar-refractivity contribution in [3.05, 3.63) is 125 Å². The summed E-state index contributed by atoms with van der Waals surface area (Å²) in [6, 6.07) is 37.6. The van der Waals surface area contributed by atoms with Gasteiger partial charge in [0.1, 0.15) is 0 Å². The van der Waals surface area contributed by atoms with E-state index in [9.17, 15) is 0 Å². The molecular formula is C39H43-. The molecule has 0 bridgehead atoms. The monoisotopic (exact) mass is 511 g/mol. The molecule has 0 amide bonds. The molecular weight excluding hydrogens is 468 g/mol. The Hall–Kier alpha value is -3.25. The van der Waals surface area contributed by atoms with Crippen LogP contribution >= 0.6 is 0 Å². The van der Waals surface area contributed by atoms with Crippen LogP contribution in [0.3, 0.4) is 0 Å². The highest BCUT2D eigenvalue weighted by molar-refractivity contribution is 6.16. The van der Waals surface area contributed by atoms with Crippen molar-refractivity contribution >= 4 is 21.5 Å². The lowest BCUT2D eigenvalue weighted by molar-refractivity contribution is 0.386. The first-order valence-electron chi connectivity index (χ1n) is 14.9. The molecule has 0 aromatic heterocycles. The van der Waals surface area contributed by atoms with E-state index in [1.54, 1.807) is 0 Å². The number of rotatable bonds is 4. The summed E-state index contributed by atoms with van der Waals surface area (Å²) in [5.74, 6) is 0.549. The van der Waals surface area contributed by atoms with Crippen molar-refractivity contribution in [2.45, 2.75) is 83.5 Å². The van der Waals surface area contributed by atoms with Gasteiger partial charge in [-0.2, -0.15) is 0 Å². The number of benzene rings is 4. The van der Waals surface area contributed by atoms with Gasteiger partial charge in [-0.3, -0.25) is 0 Å². The van der Waals surface area contributed by atoms with Gasteiger partial charge in [0.05, 0.1) is 0 Å². The van der Waals surface area contributed by atoms with Crippen LogP contribution in [0.15, 0.2) is 97.1 Å². The molecule has 6 rings (SSSR count). The van der Waals surface area contributed by atoms with Crippen LogP contribution in [0.4, 0.5) is 0 Å². The van der Waals surface area contributed by atoms with Crippen molar-refractivity contribution in [3.63, 3.8) is 0 Å². The van der Waals surface area contributed by atoms with Crippen molar-refractivity contribution in [2.75, 3.05) is 0 Å². The van der Waals surface area contributed by atoms with E-state index in [1.165, 1.54) is 75.0 Å². The van der Waals surface area contributed by atoms with Crippen LogP contribution in [0.2, 0.25) is 0 Å². The fraction of sp³-hybridized carbons (Fsp3) is 0.359. The number of hydrogen-bond acceptors (Lipinski definition) is 0. The minimum atomic E-state index is -0.216. The Morgan fingerprint density at radius 3 is 1.64 bits per heavy atom. The van der Waals surface area contributed by atoms with E-state index in [2.05, 4.69) is 139 Å². The average molecular weight is 512 g/mol. The van der Waals surface area contributed by atoms with Crippen molar-refractivity contribution in [2.24, 2.45) is 5.92 Å². The van der Waals surface area contributed by atoms with Crippen molar-refractivity contribution in [1.29, 1.82) is 0 Å². The van der Waals surface area contributed by atoms with Gasteiger partial charge in [0.2, 0.25) is 0 Å². The molecule has 0 saturated heterocycles. The van der Waals surface area contributed by atoms with Gasteiger partial charge in [-0.1, -0.05) is 150 Å². The molecule has 0 heteroatoms. The van der Waals surface area contributed by atoms with E-state index in [1.807, 2.05) is 0 Å². The maximum absolute atomic E-state index is 2.54. The molecule has 0 N–H and O–H groups in total. The third-order valence-electron chi connectivity index (χ3n) is 9.42. The van der Waals surface area contributed by atoms with Gasteiger partial charge < -0.3 is 0 Å². The van der Waals surface area contributed by atoms with Crippen molar-refractivity contribution in [1.82, 2.24) is 0 Å². The lowest BCUT2D eigenvalue weighted by Gasteiger charge is -2.44. The molecule has 0 nitrogen and oxygen atoms in total. The van der Waals surface area contributed by atoms with E-state index in [4.69, 9.17) is 0 Å². The summed E-state index contributed by atoms with van der Waals surface area (Å²) < 4.78 is 0. The Morgan fingerprint density at radius 2 is 1.10 bits per heavy atom. The second-order valence-corrected chi connectivity index (χ2v) is 13.9. The molecule has 1 saturated carbocycles. The molecule has 0 unspecified atom stereocenters. The normalized spacial score (nSPS) is 15.4. The molecule has 5 aromatic carbocycles. The van der Waals surface area contributed by atoms with Crippen LogP contribution in [0.1, 0.15) is 95.0 Å². The van der Waals surface area contributed by atoms with Gasteiger partial charge in [-0.05, 0) is 40.7 Å². The van der Waals surface area contributed by atoms with Gasteiger partial charge >= 0.3 is 0 Å². The number of hydrogen-bond donors (Lipinski definition) is 0. The standard InChI is InChI=1S/C39H43/c1-37(2,3)30-21-23-32-33-24-22-31(38(4,5)6)26-35(33)36(34(32)25-30)39(29-19-13-14-20-29,27-15-9-7-10-16-27)28-17-11-8-12-18-28/h7-12,15-18,21-26,29H,13-14,19-20H2,1-6H3/q-1. The molecule has 1 aliphatic carbocycles. The van der Waals surface area contributed by atoms with Crippen LogP contribution in [0, 0.1) is 5.92 Å². The fourth-order valence-electron chi connectivity index (χ4n) is 7.37. The summed E-state index contributed by atoms with van der Waals surface area (Å²) in [5.41, 5.74) is 7.15.